The monoisotopic (exact) mass is 361 g/mol. The van der Waals surface area contributed by atoms with Crippen LogP contribution in [0.4, 0.5) is 24.5 Å². The van der Waals surface area contributed by atoms with Gasteiger partial charge < -0.3 is 14.5 Å². The zero-order valence-electron chi connectivity index (χ0n) is 13.4. The molecule has 0 atom stereocenters. The maximum atomic E-state index is 12.0. The number of rotatable bonds is 6. The lowest BCUT2D eigenvalue weighted by Crippen LogP contribution is -2.49. The predicted octanol–water partition coefficient (Wildman–Crippen LogP) is 2.21. The number of nitro groups is 1. The SMILES string of the molecule is O=C(CCOCC(F)(F)F)N1CCN(c2ccccc2[N+](=O)[O-])CC1. The third kappa shape index (κ3) is 5.59. The van der Waals surface area contributed by atoms with Crippen molar-refractivity contribution < 1.29 is 27.6 Å². The van der Waals surface area contributed by atoms with E-state index in [0.717, 1.165) is 0 Å². The second-order valence-corrected chi connectivity index (χ2v) is 5.53. The Kier molecular flexibility index (Phi) is 6.18. The van der Waals surface area contributed by atoms with E-state index in [1.807, 2.05) is 4.90 Å². The van der Waals surface area contributed by atoms with Gasteiger partial charge in [-0.05, 0) is 6.07 Å². The molecule has 2 rings (SSSR count). The number of ether oxygens (including phenoxy) is 1. The van der Waals surface area contributed by atoms with Crippen LogP contribution in [0.2, 0.25) is 0 Å². The molecule has 0 radical (unpaired) electrons. The average Bonchev–Trinajstić information content (AvgIpc) is 2.58. The highest BCUT2D eigenvalue weighted by Crippen LogP contribution is 2.28. The first-order valence-corrected chi connectivity index (χ1v) is 7.68. The lowest BCUT2D eigenvalue weighted by atomic mass is 10.2. The first-order valence-electron chi connectivity index (χ1n) is 7.68. The van der Waals surface area contributed by atoms with Crippen molar-refractivity contribution in [2.45, 2.75) is 12.6 Å². The number of nitrogens with zero attached hydrogens (tertiary/aromatic N) is 3. The van der Waals surface area contributed by atoms with Gasteiger partial charge in [-0.15, -0.1) is 0 Å². The molecular weight excluding hydrogens is 343 g/mol. The quantitative estimate of drug-likeness (QED) is 0.441. The van der Waals surface area contributed by atoms with E-state index in [1.54, 1.807) is 18.2 Å². The Morgan fingerprint density at radius 2 is 1.84 bits per heavy atom. The highest BCUT2D eigenvalue weighted by Gasteiger charge is 2.28. The summed E-state index contributed by atoms with van der Waals surface area (Å²) in [6.07, 6.45) is -4.53. The smallest absolute Gasteiger partial charge is 0.372 e. The Labute approximate surface area is 142 Å². The van der Waals surface area contributed by atoms with E-state index in [1.165, 1.54) is 11.0 Å². The second kappa shape index (κ2) is 8.15. The van der Waals surface area contributed by atoms with Crippen LogP contribution in [0.25, 0.3) is 0 Å². The van der Waals surface area contributed by atoms with Crippen LogP contribution < -0.4 is 4.90 Å². The summed E-state index contributed by atoms with van der Waals surface area (Å²) < 4.78 is 40.3. The molecule has 0 N–H and O–H groups in total. The minimum absolute atomic E-state index is 0.00262. The van der Waals surface area contributed by atoms with Gasteiger partial charge in [-0.25, -0.2) is 0 Å². The molecule has 7 nitrogen and oxygen atoms in total. The highest BCUT2D eigenvalue weighted by molar-refractivity contribution is 5.76. The molecule has 0 bridgehead atoms. The van der Waals surface area contributed by atoms with E-state index in [0.29, 0.717) is 31.9 Å². The summed E-state index contributed by atoms with van der Waals surface area (Å²) in [6.45, 7) is -0.122. The number of hydrogen-bond donors (Lipinski definition) is 0. The standard InChI is InChI=1S/C15H18F3N3O4/c16-15(17,18)11-25-10-5-14(22)20-8-6-19(7-9-20)12-3-1-2-4-13(12)21(23)24/h1-4H,5-11H2. The van der Waals surface area contributed by atoms with Crippen molar-refractivity contribution in [3.05, 3.63) is 34.4 Å². The Morgan fingerprint density at radius 3 is 2.44 bits per heavy atom. The molecule has 10 heteroatoms. The molecular formula is C15H18F3N3O4. The number of anilines is 1. The summed E-state index contributed by atoms with van der Waals surface area (Å²) in [5.74, 6) is -0.288. The number of amides is 1. The summed E-state index contributed by atoms with van der Waals surface area (Å²) in [5.41, 5.74) is 0.496. The fraction of sp³-hybridized carbons (Fsp3) is 0.533. The van der Waals surface area contributed by atoms with Crippen molar-refractivity contribution in [1.82, 2.24) is 4.90 Å². The molecule has 1 aromatic carbocycles. The molecule has 25 heavy (non-hydrogen) atoms. The van der Waals surface area contributed by atoms with Gasteiger partial charge in [0.15, 0.2) is 0 Å². The van der Waals surface area contributed by atoms with Crippen molar-refractivity contribution in [3.8, 4) is 0 Å². The van der Waals surface area contributed by atoms with Crippen LogP contribution in [-0.2, 0) is 9.53 Å². The molecule has 138 valence electrons. The molecule has 1 heterocycles. The van der Waals surface area contributed by atoms with E-state index in [2.05, 4.69) is 4.74 Å². The number of benzene rings is 1. The third-order valence-corrected chi connectivity index (χ3v) is 3.78. The lowest BCUT2D eigenvalue weighted by molar-refractivity contribution is -0.384. The first-order chi connectivity index (χ1) is 11.8. The molecule has 1 aromatic rings. The van der Waals surface area contributed by atoms with Gasteiger partial charge in [0.2, 0.25) is 5.91 Å². The molecule has 1 fully saturated rings. The summed E-state index contributed by atoms with van der Waals surface area (Å²) in [5, 5.41) is 11.1. The van der Waals surface area contributed by atoms with Crippen LogP contribution in [-0.4, -0.2) is 61.3 Å². The summed E-state index contributed by atoms with van der Waals surface area (Å²) >= 11 is 0. The van der Waals surface area contributed by atoms with E-state index in [4.69, 9.17) is 0 Å². The summed E-state index contributed by atoms with van der Waals surface area (Å²) in [6, 6.07) is 6.37. The molecule has 1 amide bonds. The zero-order chi connectivity index (χ0) is 18.4. The number of carbonyl (C=O) groups is 1. The van der Waals surface area contributed by atoms with Gasteiger partial charge in [0.25, 0.3) is 5.69 Å². The van der Waals surface area contributed by atoms with E-state index < -0.39 is 17.7 Å². The number of nitro benzene ring substituents is 1. The van der Waals surface area contributed by atoms with Crippen LogP contribution in [0.15, 0.2) is 24.3 Å². The molecule has 1 aliphatic heterocycles. The topological polar surface area (TPSA) is 75.9 Å². The third-order valence-electron chi connectivity index (χ3n) is 3.78. The predicted molar refractivity (Wildman–Crippen MR) is 83.4 cm³/mol. The van der Waals surface area contributed by atoms with Gasteiger partial charge in [0.05, 0.1) is 18.0 Å². The van der Waals surface area contributed by atoms with Crippen LogP contribution in [0.1, 0.15) is 6.42 Å². The van der Waals surface area contributed by atoms with E-state index >= 15 is 0 Å². The molecule has 0 spiro atoms. The summed E-state index contributed by atoms with van der Waals surface area (Å²) in [7, 11) is 0. The minimum Gasteiger partial charge on any atom is -0.372 e. The van der Waals surface area contributed by atoms with Crippen molar-refractivity contribution in [2.24, 2.45) is 0 Å². The molecule has 0 aliphatic carbocycles. The van der Waals surface area contributed by atoms with Crippen molar-refractivity contribution in [2.75, 3.05) is 44.3 Å². The van der Waals surface area contributed by atoms with Gasteiger partial charge >= 0.3 is 6.18 Å². The van der Waals surface area contributed by atoms with Gasteiger partial charge in [-0.1, -0.05) is 12.1 Å². The normalized spacial score (nSPS) is 15.3. The van der Waals surface area contributed by atoms with Gasteiger partial charge in [-0.3, -0.25) is 14.9 Å². The fourth-order valence-electron chi connectivity index (χ4n) is 2.59. The Bertz CT molecular complexity index is 616. The van der Waals surface area contributed by atoms with Crippen LogP contribution in [0.5, 0.6) is 0 Å². The number of carbonyl (C=O) groups excluding carboxylic acids is 1. The minimum atomic E-state index is -4.40. The van der Waals surface area contributed by atoms with E-state index in [-0.39, 0.29) is 24.6 Å². The number of para-hydroxylation sites is 2. The van der Waals surface area contributed by atoms with Gasteiger partial charge in [0.1, 0.15) is 12.3 Å². The Balaban J connectivity index is 1.82. The molecule has 0 saturated carbocycles. The van der Waals surface area contributed by atoms with Crippen LogP contribution in [0.3, 0.4) is 0 Å². The maximum absolute atomic E-state index is 12.0. The molecule has 0 aromatic heterocycles. The maximum Gasteiger partial charge on any atom is 0.411 e. The number of hydrogen-bond acceptors (Lipinski definition) is 5. The van der Waals surface area contributed by atoms with Crippen molar-refractivity contribution in [3.63, 3.8) is 0 Å². The zero-order valence-corrected chi connectivity index (χ0v) is 13.4. The van der Waals surface area contributed by atoms with Gasteiger partial charge in [0, 0.05) is 32.2 Å². The number of alkyl halides is 3. The van der Waals surface area contributed by atoms with Crippen molar-refractivity contribution in [1.29, 1.82) is 0 Å². The van der Waals surface area contributed by atoms with Crippen molar-refractivity contribution >= 4 is 17.3 Å². The number of piperazine rings is 1. The molecule has 0 unspecified atom stereocenters. The fourth-order valence-corrected chi connectivity index (χ4v) is 2.59. The lowest BCUT2D eigenvalue weighted by Gasteiger charge is -2.35. The Hall–Kier alpha value is -2.36. The first kappa shape index (κ1) is 19.0. The largest absolute Gasteiger partial charge is 0.411 e. The van der Waals surface area contributed by atoms with Crippen LogP contribution >= 0.6 is 0 Å². The number of halogens is 3. The van der Waals surface area contributed by atoms with E-state index in [9.17, 15) is 28.1 Å². The summed E-state index contributed by atoms with van der Waals surface area (Å²) in [4.78, 5) is 26.0. The average molecular weight is 361 g/mol. The second-order valence-electron chi connectivity index (χ2n) is 5.53. The Morgan fingerprint density at radius 1 is 1.20 bits per heavy atom. The molecule has 1 saturated heterocycles. The highest BCUT2D eigenvalue weighted by atomic mass is 19.4. The van der Waals surface area contributed by atoms with Crippen LogP contribution in [0, 0.1) is 10.1 Å². The van der Waals surface area contributed by atoms with Gasteiger partial charge in [-0.2, -0.15) is 13.2 Å². The molecule has 1 aliphatic rings.